The molecule has 0 spiro atoms. The van der Waals surface area contributed by atoms with E-state index in [1.807, 2.05) is 4.90 Å². The summed E-state index contributed by atoms with van der Waals surface area (Å²) in [5.74, 6) is -0.808. The number of hydroxylamine groups is 2. The largest absolute Gasteiger partial charge is 0.368 e. The van der Waals surface area contributed by atoms with E-state index in [1.165, 1.54) is 23.0 Å². The second-order valence-corrected chi connectivity index (χ2v) is 6.62. The minimum absolute atomic E-state index is 0.184. The van der Waals surface area contributed by atoms with Crippen LogP contribution in [0.4, 0.5) is 15.8 Å². The van der Waals surface area contributed by atoms with Gasteiger partial charge in [-0.3, -0.25) is 15.0 Å². The molecule has 2 saturated heterocycles. The molecule has 2 atom stereocenters. The van der Waals surface area contributed by atoms with Crippen molar-refractivity contribution in [3.8, 4) is 0 Å². The van der Waals surface area contributed by atoms with Crippen LogP contribution < -0.4 is 20.9 Å². The molecule has 0 aliphatic carbocycles. The Balaban J connectivity index is 1.67. The fourth-order valence-corrected chi connectivity index (χ4v) is 3.21. The molecule has 2 heterocycles. The van der Waals surface area contributed by atoms with Gasteiger partial charge < -0.3 is 30.7 Å². The summed E-state index contributed by atoms with van der Waals surface area (Å²) in [5, 5.41) is 21.5. The number of rotatable bonds is 4. The lowest BCUT2D eigenvalue weighted by atomic mass is 10.2. The number of carbonyl (C=O) groups is 1. The van der Waals surface area contributed by atoms with Crippen LogP contribution in [0.15, 0.2) is 18.2 Å². The number of amides is 1. The Morgan fingerprint density at radius 2 is 2.21 bits per heavy atom. The van der Waals surface area contributed by atoms with E-state index >= 15 is 0 Å². The number of halogens is 1. The Kier molecular flexibility index (Phi) is 6.17. The van der Waals surface area contributed by atoms with Crippen LogP contribution in [0.2, 0.25) is 0 Å². The molecule has 154 valence electrons. The van der Waals surface area contributed by atoms with Crippen LogP contribution in [-0.4, -0.2) is 73.9 Å². The topological polar surface area (TPSA) is 127 Å². The van der Waals surface area contributed by atoms with Gasteiger partial charge in [-0.15, -0.1) is 0 Å². The Morgan fingerprint density at radius 1 is 1.43 bits per heavy atom. The zero-order chi connectivity index (χ0) is 20.3. The van der Waals surface area contributed by atoms with Crippen molar-refractivity contribution in [3.05, 3.63) is 24.0 Å². The van der Waals surface area contributed by atoms with Crippen molar-refractivity contribution in [2.45, 2.75) is 19.4 Å². The number of guanidine groups is 1. The van der Waals surface area contributed by atoms with Gasteiger partial charge in [0.05, 0.1) is 31.5 Å². The van der Waals surface area contributed by atoms with Gasteiger partial charge >= 0.3 is 0 Å². The maximum atomic E-state index is 14.8. The molecule has 0 bridgehead atoms. The molecule has 3 rings (SSSR count). The summed E-state index contributed by atoms with van der Waals surface area (Å²) < 4.78 is 20.2. The van der Waals surface area contributed by atoms with Crippen LogP contribution in [0.1, 0.15) is 6.92 Å². The van der Waals surface area contributed by atoms with E-state index < -0.39 is 12.2 Å². The summed E-state index contributed by atoms with van der Waals surface area (Å²) in [6, 6.07) is 4.69. The van der Waals surface area contributed by atoms with Crippen LogP contribution in [-0.2, 0) is 14.4 Å². The number of benzene rings is 1. The van der Waals surface area contributed by atoms with Crippen molar-refractivity contribution in [3.63, 3.8) is 0 Å². The molecule has 2 aliphatic rings. The molecule has 2 aliphatic heterocycles. The minimum Gasteiger partial charge on any atom is -0.368 e. The fraction of sp³-hybridized carbons (Fsp3) is 0.529. The maximum Gasteiger partial charge on any atom is 0.238 e. The van der Waals surface area contributed by atoms with Gasteiger partial charge in [-0.05, 0) is 18.2 Å². The summed E-state index contributed by atoms with van der Waals surface area (Å²) in [5.41, 5.74) is 6.32. The first-order valence-corrected chi connectivity index (χ1v) is 8.98. The number of carbonyl (C=O) groups excluding carboxylic acids is 1. The Morgan fingerprint density at radius 3 is 2.89 bits per heavy atom. The number of hydrogen-bond donors (Lipinski definition) is 4. The second kappa shape index (κ2) is 8.59. The third kappa shape index (κ3) is 4.61. The maximum absolute atomic E-state index is 14.8. The fourth-order valence-electron chi connectivity index (χ4n) is 3.21. The van der Waals surface area contributed by atoms with Crippen molar-refractivity contribution in [2.75, 3.05) is 49.1 Å². The van der Waals surface area contributed by atoms with E-state index in [2.05, 4.69) is 5.32 Å². The lowest BCUT2D eigenvalue weighted by Crippen LogP contribution is -2.38. The van der Waals surface area contributed by atoms with E-state index in [4.69, 9.17) is 20.7 Å². The van der Waals surface area contributed by atoms with Crippen molar-refractivity contribution in [2.24, 2.45) is 5.73 Å². The number of hydrogen-bond acceptors (Lipinski definition) is 7. The number of nitrogens with zero attached hydrogens (tertiary/aromatic N) is 3. The Labute approximate surface area is 162 Å². The van der Waals surface area contributed by atoms with Gasteiger partial charge in [0.1, 0.15) is 5.82 Å². The summed E-state index contributed by atoms with van der Waals surface area (Å²) in [7, 11) is 0. The smallest absolute Gasteiger partial charge is 0.238 e. The first-order chi connectivity index (χ1) is 13.3. The van der Waals surface area contributed by atoms with Crippen molar-refractivity contribution in [1.82, 2.24) is 10.4 Å². The van der Waals surface area contributed by atoms with Crippen LogP contribution in [0, 0.1) is 11.2 Å². The van der Waals surface area contributed by atoms with Crippen LogP contribution >= 0.6 is 0 Å². The highest BCUT2D eigenvalue weighted by Crippen LogP contribution is 2.29. The van der Waals surface area contributed by atoms with Crippen LogP contribution in [0.25, 0.3) is 0 Å². The average molecular weight is 396 g/mol. The monoisotopic (exact) mass is 396 g/mol. The Hall–Kier alpha value is -2.63. The van der Waals surface area contributed by atoms with Gasteiger partial charge in [-0.25, -0.2) is 9.45 Å². The normalized spacial score (nSPS) is 22.9. The highest BCUT2D eigenvalue weighted by Gasteiger charge is 2.32. The van der Waals surface area contributed by atoms with Gasteiger partial charge in [0.25, 0.3) is 0 Å². The summed E-state index contributed by atoms with van der Waals surface area (Å²) >= 11 is 0. The Bertz CT molecular complexity index is 736. The molecule has 0 aromatic heterocycles. The molecular weight excluding hydrogens is 371 g/mol. The molecule has 1 amide bonds. The number of nitrogens with one attached hydrogen (secondary N) is 2. The predicted octanol–water partition coefficient (Wildman–Crippen LogP) is -0.610. The van der Waals surface area contributed by atoms with Crippen LogP contribution in [0.5, 0.6) is 0 Å². The standard InChI is InChI=1S/C17H25FN6O4/c1-11(25)21-9-13-10-23(17(26)28-13)12-2-3-15(14(18)8-12)22-4-5-24(16(19)20)27-7-6-22/h2-3,8,13,17,26H,4-7,9-10H2,1H3,(H3,19,20)(H,21,25). The van der Waals surface area contributed by atoms with Crippen molar-refractivity contribution >= 4 is 23.2 Å². The summed E-state index contributed by atoms with van der Waals surface area (Å²) in [6.07, 6.45) is -1.60. The summed E-state index contributed by atoms with van der Waals surface area (Å²) in [6.45, 7) is 3.53. The minimum atomic E-state index is -1.21. The zero-order valence-electron chi connectivity index (χ0n) is 15.6. The van der Waals surface area contributed by atoms with Crippen LogP contribution in [0.3, 0.4) is 0 Å². The highest BCUT2D eigenvalue weighted by atomic mass is 19.1. The first-order valence-electron chi connectivity index (χ1n) is 8.98. The number of anilines is 2. The van der Waals surface area contributed by atoms with Gasteiger partial charge in [0.15, 0.2) is 0 Å². The molecular formula is C17H25FN6O4. The molecule has 2 unspecified atom stereocenters. The van der Waals surface area contributed by atoms with Crippen molar-refractivity contribution in [1.29, 1.82) is 5.41 Å². The third-order valence-electron chi connectivity index (χ3n) is 4.61. The molecule has 2 fully saturated rings. The lowest BCUT2D eigenvalue weighted by molar-refractivity contribution is -0.121. The summed E-state index contributed by atoms with van der Waals surface area (Å²) in [4.78, 5) is 19.7. The van der Waals surface area contributed by atoms with Crippen molar-refractivity contribution < 1.29 is 23.9 Å². The van der Waals surface area contributed by atoms with E-state index in [-0.39, 0.29) is 31.1 Å². The SMILES string of the molecule is CC(=O)NCC1CN(c2ccc(N3CCON(C(=N)N)CC3)c(F)c2)C(O)O1. The second-order valence-electron chi connectivity index (χ2n) is 6.62. The highest BCUT2D eigenvalue weighted by molar-refractivity contribution is 5.73. The predicted molar refractivity (Wildman–Crippen MR) is 100 cm³/mol. The molecule has 1 aromatic rings. The number of aliphatic hydroxyl groups excluding tert-OH is 1. The first kappa shape index (κ1) is 20.1. The van der Waals surface area contributed by atoms with E-state index in [0.29, 0.717) is 37.6 Å². The number of ether oxygens (including phenoxy) is 1. The number of nitrogens with two attached hydrogens (primary N) is 1. The quantitative estimate of drug-likeness (QED) is 0.392. The zero-order valence-corrected chi connectivity index (χ0v) is 15.6. The van der Waals surface area contributed by atoms with Gasteiger partial charge in [0.2, 0.25) is 18.3 Å². The lowest BCUT2D eigenvalue weighted by Gasteiger charge is -2.25. The molecule has 10 nitrogen and oxygen atoms in total. The van der Waals surface area contributed by atoms with Gasteiger partial charge in [-0.1, -0.05) is 0 Å². The van der Waals surface area contributed by atoms with Gasteiger partial charge in [-0.2, -0.15) is 0 Å². The molecule has 0 saturated carbocycles. The molecule has 1 aromatic carbocycles. The average Bonchev–Trinajstić information content (AvgIpc) is 2.85. The molecule has 28 heavy (non-hydrogen) atoms. The molecule has 0 radical (unpaired) electrons. The number of aliphatic hydroxyl groups is 1. The van der Waals surface area contributed by atoms with E-state index in [9.17, 15) is 14.3 Å². The van der Waals surface area contributed by atoms with Gasteiger partial charge in [0, 0.05) is 32.2 Å². The molecule has 5 N–H and O–H groups in total. The third-order valence-corrected chi connectivity index (χ3v) is 4.61. The van der Waals surface area contributed by atoms with E-state index in [0.717, 1.165) is 0 Å². The molecule has 11 heteroatoms. The van der Waals surface area contributed by atoms with E-state index in [1.54, 1.807) is 12.1 Å².